The molecule has 1 amide bonds. The Kier molecular flexibility index (Phi) is 6.07. The number of carbonyl (C=O) groups excluding carboxylic acids is 1. The number of primary amides is 1. The number of pyridine rings is 1. The fourth-order valence-corrected chi connectivity index (χ4v) is 3.38. The van der Waals surface area contributed by atoms with Gasteiger partial charge in [0, 0.05) is 26.9 Å². The van der Waals surface area contributed by atoms with Gasteiger partial charge in [-0.25, -0.2) is 0 Å². The molecule has 0 spiro atoms. The van der Waals surface area contributed by atoms with Crippen LogP contribution in [0.1, 0.15) is 15.9 Å². The minimum Gasteiger partial charge on any atom is -0.497 e. The van der Waals surface area contributed by atoms with Crippen LogP contribution in [0.4, 0.5) is 11.4 Å². The summed E-state index contributed by atoms with van der Waals surface area (Å²) in [6, 6.07) is 11.5. The van der Waals surface area contributed by atoms with Gasteiger partial charge >= 0.3 is 0 Å². The second-order valence-corrected chi connectivity index (χ2v) is 6.63. The molecule has 0 radical (unpaired) electrons. The molecule has 1 heterocycles. The Labute approximate surface area is 165 Å². The minimum absolute atomic E-state index is 0. The first kappa shape index (κ1) is 19.3. The number of benzene rings is 2. The second-order valence-electron chi connectivity index (χ2n) is 5.39. The third-order valence-electron chi connectivity index (χ3n) is 3.73. The van der Waals surface area contributed by atoms with Crippen molar-refractivity contribution in [3.05, 3.63) is 57.3 Å². The van der Waals surface area contributed by atoms with Crippen LogP contribution in [0.15, 0.2) is 42.6 Å². The van der Waals surface area contributed by atoms with Gasteiger partial charge in [-0.15, -0.1) is 12.4 Å². The summed E-state index contributed by atoms with van der Waals surface area (Å²) < 4.78 is 6.32. The predicted octanol–water partition coefficient (Wildman–Crippen LogP) is 4.42. The van der Waals surface area contributed by atoms with Crippen molar-refractivity contribution in [2.45, 2.75) is 6.92 Å². The molecule has 3 aromatic rings. The zero-order valence-electron chi connectivity index (χ0n) is 13.7. The summed E-state index contributed by atoms with van der Waals surface area (Å²) in [7, 11) is 1.61. The number of amides is 1. The SMILES string of the molecule is COc1cccc(Nc2c(C(N)=O)cnc3c(C)cc(I)cc23)c1.Cl. The van der Waals surface area contributed by atoms with E-state index < -0.39 is 5.91 Å². The van der Waals surface area contributed by atoms with Crippen LogP contribution in [0, 0.1) is 10.5 Å². The predicted molar refractivity (Wildman–Crippen MR) is 111 cm³/mol. The van der Waals surface area contributed by atoms with E-state index in [-0.39, 0.29) is 12.4 Å². The number of anilines is 2. The summed E-state index contributed by atoms with van der Waals surface area (Å²) in [4.78, 5) is 16.3. The summed E-state index contributed by atoms with van der Waals surface area (Å²) in [5.74, 6) is 0.205. The Morgan fingerprint density at radius 1 is 1.28 bits per heavy atom. The van der Waals surface area contributed by atoms with E-state index >= 15 is 0 Å². The summed E-state index contributed by atoms with van der Waals surface area (Å²) in [6.45, 7) is 2.00. The highest BCUT2D eigenvalue weighted by Crippen LogP contribution is 2.32. The Balaban J connectivity index is 0.00000225. The molecule has 3 N–H and O–H groups in total. The van der Waals surface area contributed by atoms with Crippen molar-refractivity contribution in [1.29, 1.82) is 0 Å². The molecule has 0 aliphatic carbocycles. The number of rotatable bonds is 4. The number of aromatic nitrogens is 1. The number of halogens is 2. The Hall–Kier alpha value is -2.06. The van der Waals surface area contributed by atoms with E-state index in [0.29, 0.717) is 11.3 Å². The summed E-state index contributed by atoms with van der Waals surface area (Å²) >= 11 is 2.25. The van der Waals surface area contributed by atoms with Crippen molar-refractivity contribution in [2.75, 3.05) is 12.4 Å². The van der Waals surface area contributed by atoms with Crippen LogP contribution in [0.25, 0.3) is 10.9 Å². The van der Waals surface area contributed by atoms with Crippen LogP contribution < -0.4 is 15.8 Å². The monoisotopic (exact) mass is 469 g/mol. The maximum absolute atomic E-state index is 11.9. The lowest BCUT2D eigenvalue weighted by Crippen LogP contribution is -2.14. The topological polar surface area (TPSA) is 77.2 Å². The first-order valence-electron chi connectivity index (χ1n) is 7.29. The number of nitrogens with one attached hydrogen (secondary N) is 1. The average Bonchev–Trinajstić information content (AvgIpc) is 2.55. The van der Waals surface area contributed by atoms with Gasteiger partial charge in [-0.2, -0.15) is 0 Å². The number of methoxy groups -OCH3 is 1. The van der Waals surface area contributed by atoms with Crippen molar-refractivity contribution >= 4 is 63.2 Å². The van der Waals surface area contributed by atoms with E-state index in [1.54, 1.807) is 7.11 Å². The molecular weight excluding hydrogens is 453 g/mol. The van der Waals surface area contributed by atoms with Crippen molar-refractivity contribution in [2.24, 2.45) is 5.73 Å². The van der Waals surface area contributed by atoms with Crippen molar-refractivity contribution < 1.29 is 9.53 Å². The zero-order chi connectivity index (χ0) is 17.3. The molecule has 0 aliphatic rings. The largest absolute Gasteiger partial charge is 0.497 e. The molecule has 0 unspecified atom stereocenters. The maximum Gasteiger partial charge on any atom is 0.252 e. The van der Waals surface area contributed by atoms with E-state index in [0.717, 1.165) is 31.5 Å². The summed E-state index contributed by atoms with van der Waals surface area (Å²) in [5, 5.41) is 4.16. The molecule has 3 rings (SSSR count). The number of fused-ring (bicyclic) bond motifs is 1. The van der Waals surface area contributed by atoms with E-state index in [9.17, 15) is 4.79 Å². The summed E-state index contributed by atoms with van der Waals surface area (Å²) in [5.41, 5.74) is 9.24. The fraction of sp³-hybridized carbons (Fsp3) is 0.111. The first-order chi connectivity index (χ1) is 11.5. The number of carbonyl (C=O) groups is 1. The molecule has 0 bridgehead atoms. The Morgan fingerprint density at radius 3 is 2.72 bits per heavy atom. The lowest BCUT2D eigenvalue weighted by Gasteiger charge is -2.15. The molecule has 0 saturated heterocycles. The van der Waals surface area contributed by atoms with Gasteiger partial charge in [0.05, 0.1) is 23.9 Å². The Bertz CT molecular complexity index is 947. The Morgan fingerprint density at radius 2 is 2.04 bits per heavy atom. The van der Waals surface area contributed by atoms with Crippen molar-refractivity contribution in [1.82, 2.24) is 4.98 Å². The van der Waals surface area contributed by atoms with Crippen LogP contribution in [0.2, 0.25) is 0 Å². The number of hydrogen-bond donors (Lipinski definition) is 2. The lowest BCUT2D eigenvalue weighted by molar-refractivity contribution is 0.100. The van der Waals surface area contributed by atoms with Gasteiger partial charge in [-0.05, 0) is 59.3 Å². The van der Waals surface area contributed by atoms with Gasteiger partial charge in [0.1, 0.15) is 5.75 Å². The molecule has 130 valence electrons. The normalized spacial score (nSPS) is 10.2. The highest BCUT2D eigenvalue weighted by Gasteiger charge is 2.15. The van der Waals surface area contributed by atoms with Crippen molar-refractivity contribution in [3.8, 4) is 5.75 Å². The quantitative estimate of drug-likeness (QED) is 0.555. The number of aryl methyl sites for hydroxylation is 1. The number of nitrogens with zero attached hydrogens (tertiary/aromatic N) is 1. The third kappa shape index (κ3) is 3.96. The van der Waals surface area contributed by atoms with E-state index in [2.05, 4.69) is 39.0 Å². The molecule has 5 nitrogen and oxygen atoms in total. The number of nitrogens with two attached hydrogens (primary N) is 1. The summed E-state index contributed by atoms with van der Waals surface area (Å²) in [6.07, 6.45) is 1.52. The molecule has 7 heteroatoms. The molecule has 0 aliphatic heterocycles. The molecule has 0 saturated carbocycles. The van der Waals surface area contributed by atoms with Crippen molar-refractivity contribution in [3.63, 3.8) is 0 Å². The average molecular weight is 470 g/mol. The van der Waals surface area contributed by atoms with Gasteiger partial charge in [-0.3, -0.25) is 9.78 Å². The third-order valence-corrected chi connectivity index (χ3v) is 4.35. The molecule has 25 heavy (non-hydrogen) atoms. The standard InChI is InChI=1S/C18H16IN3O2.ClH/c1-10-6-11(19)7-14-16(10)21-9-15(18(20)23)17(14)22-12-4-3-5-13(8-12)24-2;/h3-9H,1-2H3,(H2,20,23)(H,21,22);1H. The highest BCUT2D eigenvalue weighted by molar-refractivity contribution is 14.1. The lowest BCUT2D eigenvalue weighted by atomic mass is 10.1. The number of hydrogen-bond acceptors (Lipinski definition) is 4. The van der Waals surface area contributed by atoms with Gasteiger partial charge in [-0.1, -0.05) is 6.07 Å². The smallest absolute Gasteiger partial charge is 0.252 e. The van der Waals surface area contributed by atoms with Gasteiger partial charge in [0.25, 0.3) is 5.91 Å². The van der Waals surface area contributed by atoms with Gasteiger partial charge < -0.3 is 15.8 Å². The van der Waals surface area contributed by atoms with Crippen LogP contribution in [0.3, 0.4) is 0 Å². The van der Waals surface area contributed by atoms with E-state index in [1.807, 2.05) is 37.3 Å². The molecule has 2 aromatic carbocycles. The van der Waals surface area contributed by atoms with E-state index in [4.69, 9.17) is 10.5 Å². The fourth-order valence-electron chi connectivity index (χ4n) is 2.60. The molecule has 1 aromatic heterocycles. The molecule has 0 fully saturated rings. The maximum atomic E-state index is 11.9. The van der Waals surface area contributed by atoms with Gasteiger partial charge in [0.15, 0.2) is 0 Å². The second kappa shape index (κ2) is 7.88. The highest BCUT2D eigenvalue weighted by atomic mass is 127. The van der Waals surface area contributed by atoms with Crippen LogP contribution in [-0.4, -0.2) is 18.0 Å². The molecular formula is C18H17ClIN3O2. The van der Waals surface area contributed by atoms with Gasteiger partial charge in [0.2, 0.25) is 0 Å². The zero-order valence-corrected chi connectivity index (χ0v) is 16.6. The van der Waals surface area contributed by atoms with E-state index in [1.165, 1.54) is 6.20 Å². The van der Waals surface area contributed by atoms with Crippen LogP contribution >= 0.6 is 35.0 Å². The van der Waals surface area contributed by atoms with Crippen LogP contribution in [-0.2, 0) is 0 Å². The minimum atomic E-state index is -0.522. The van der Waals surface area contributed by atoms with Crippen LogP contribution in [0.5, 0.6) is 5.75 Å². The first-order valence-corrected chi connectivity index (χ1v) is 8.37. The number of ether oxygens (including phenoxy) is 1. The molecule has 0 atom stereocenters.